The molecule has 2 aromatic rings. The highest BCUT2D eigenvalue weighted by Crippen LogP contribution is 2.32. The fourth-order valence-corrected chi connectivity index (χ4v) is 4.67. The van der Waals surface area contributed by atoms with Crippen LogP contribution < -0.4 is 0 Å². The van der Waals surface area contributed by atoms with Gasteiger partial charge in [0.25, 0.3) is 0 Å². The van der Waals surface area contributed by atoms with Crippen LogP contribution in [-0.2, 0) is 17.9 Å². The molecule has 2 aromatic carbocycles. The third kappa shape index (κ3) is 7.48. The minimum absolute atomic E-state index is 0.524. The van der Waals surface area contributed by atoms with Crippen molar-refractivity contribution in [1.29, 1.82) is 0 Å². The van der Waals surface area contributed by atoms with Gasteiger partial charge >= 0.3 is 0 Å². The molecule has 1 aliphatic rings. The molecule has 0 saturated heterocycles. The summed E-state index contributed by atoms with van der Waals surface area (Å²) in [5, 5.41) is 0. The molecule has 166 valence electrons. The zero-order chi connectivity index (χ0) is 21.7. The van der Waals surface area contributed by atoms with Gasteiger partial charge in [-0.1, -0.05) is 98.7 Å². The maximum absolute atomic E-state index is 5.99. The first-order valence-corrected chi connectivity index (χ1v) is 12.0. The van der Waals surface area contributed by atoms with E-state index in [1.807, 2.05) is 0 Å². The fourth-order valence-electron chi connectivity index (χ4n) is 4.67. The summed E-state index contributed by atoms with van der Waals surface area (Å²) in [6, 6.07) is 22.5. The molecule has 0 amide bonds. The molecule has 2 heteroatoms. The highest BCUT2D eigenvalue weighted by Gasteiger charge is 2.32. The van der Waals surface area contributed by atoms with Gasteiger partial charge in [0.15, 0.2) is 0 Å². The maximum Gasteiger partial charge on any atom is 0.0716 e. The Labute approximate surface area is 189 Å². The Bertz CT molecular complexity index is 770. The smallest absolute Gasteiger partial charge is 0.0716 e. The number of rotatable bonds is 13. The summed E-state index contributed by atoms with van der Waals surface area (Å²) in [5.41, 5.74) is 2.65. The molecule has 31 heavy (non-hydrogen) atoms. The third-order valence-electron chi connectivity index (χ3n) is 6.33. The number of hydrogen-bond donors (Lipinski definition) is 0. The lowest BCUT2D eigenvalue weighted by Gasteiger charge is -2.44. The minimum Gasteiger partial charge on any atom is -0.377 e. The Morgan fingerprint density at radius 3 is 2.29 bits per heavy atom. The van der Waals surface area contributed by atoms with E-state index in [0.717, 1.165) is 32.4 Å². The molecule has 0 bridgehead atoms. The van der Waals surface area contributed by atoms with E-state index >= 15 is 0 Å². The van der Waals surface area contributed by atoms with Crippen LogP contribution >= 0.6 is 0 Å². The number of benzene rings is 2. The van der Waals surface area contributed by atoms with Crippen LogP contribution in [0.2, 0.25) is 0 Å². The quantitative estimate of drug-likeness (QED) is 0.253. The summed E-state index contributed by atoms with van der Waals surface area (Å²) < 4.78 is 5.99. The number of unbranched alkanes of at least 4 members (excludes halogenated alkanes) is 1. The molecule has 0 spiro atoms. The van der Waals surface area contributed by atoms with E-state index in [4.69, 9.17) is 4.74 Å². The summed E-state index contributed by atoms with van der Waals surface area (Å²) >= 11 is 0. The van der Waals surface area contributed by atoms with Crippen molar-refractivity contribution in [2.45, 2.75) is 70.7 Å². The van der Waals surface area contributed by atoms with Crippen LogP contribution in [0.25, 0.3) is 0 Å². The van der Waals surface area contributed by atoms with Gasteiger partial charge in [-0.05, 0) is 42.7 Å². The zero-order valence-electron chi connectivity index (χ0n) is 19.2. The highest BCUT2D eigenvalue weighted by atomic mass is 16.5. The van der Waals surface area contributed by atoms with Crippen LogP contribution in [0.5, 0.6) is 0 Å². The lowest BCUT2D eigenvalue weighted by atomic mass is 9.84. The van der Waals surface area contributed by atoms with Gasteiger partial charge in [-0.2, -0.15) is 0 Å². The molecule has 0 fully saturated rings. The molecule has 1 heterocycles. The van der Waals surface area contributed by atoms with E-state index in [9.17, 15) is 0 Å². The molecular weight excluding hydrogens is 378 g/mol. The Kier molecular flexibility index (Phi) is 10.1. The average molecular weight is 418 g/mol. The van der Waals surface area contributed by atoms with Crippen LogP contribution in [0.4, 0.5) is 0 Å². The molecule has 2 nitrogen and oxygen atoms in total. The average Bonchev–Trinajstić information content (AvgIpc) is 2.81. The van der Waals surface area contributed by atoms with Crippen LogP contribution in [0.3, 0.4) is 0 Å². The van der Waals surface area contributed by atoms with Crippen molar-refractivity contribution in [2.24, 2.45) is 5.92 Å². The second kappa shape index (κ2) is 13.3. The number of ether oxygens (including phenoxy) is 1. The van der Waals surface area contributed by atoms with Gasteiger partial charge in [0, 0.05) is 25.2 Å². The molecule has 3 rings (SSSR count). The molecule has 3 atom stereocenters. The third-order valence-corrected chi connectivity index (χ3v) is 6.33. The molecule has 0 saturated carbocycles. The van der Waals surface area contributed by atoms with Crippen molar-refractivity contribution in [2.75, 3.05) is 6.61 Å². The first kappa shape index (κ1) is 23.5. The Hall–Kier alpha value is -2.16. The second-order valence-corrected chi connectivity index (χ2v) is 8.69. The predicted octanol–water partition coefficient (Wildman–Crippen LogP) is 7.18. The molecule has 0 unspecified atom stereocenters. The van der Waals surface area contributed by atoms with Gasteiger partial charge in [0.2, 0.25) is 0 Å². The largest absolute Gasteiger partial charge is 0.377 e. The van der Waals surface area contributed by atoms with Crippen LogP contribution in [-0.4, -0.2) is 23.6 Å². The molecule has 1 aliphatic heterocycles. The monoisotopic (exact) mass is 417 g/mol. The van der Waals surface area contributed by atoms with Crippen molar-refractivity contribution >= 4 is 0 Å². The van der Waals surface area contributed by atoms with Crippen LogP contribution in [0, 0.1) is 5.92 Å². The van der Waals surface area contributed by atoms with E-state index in [-0.39, 0.29) is 0 Å². The zero-order valence-corrected chi connectivity index (χ0v) is 19.2. The highest BCUT2D eigenvalue weighted by molar-refractivity contribution is 5.17. The van der Waals surface area contributed by atoms with Gasteiger partial charge in [-0.25, -0.2) is 0 Å². The topological polar surface area (TPSA) is 12.5 Å². The van der Waals surface area contributed by atoms with Gasteiger partial charge in [0.1, 0.15) is 0 Å². The predicted molar refractivity (Wildman–Crippen MR) is 132 cm³/mol. The first-order valence-electron chi connectivity index (χ1n) is 12.0. The van der Waals surface area contributed by atoms with E-state index in [1.165, 1.54) is 30.4 Å². The van der Waals surface area contributed by atoms with E-state index in [2.05, 4.69) is 97.3 Å². The summed E-state index contributed by atoms with van der Waals surface area (Å²) in [6.45, 7) is 8.85. The summed E-state index contributed by atoms with van der Waals surface area (Å²) in [5.74, 6) is 0.535. The lowest BCUT2D eigenvalue weighted by molar-refractivity contribution is 0.0718. The first-order chi connectivity index (χ1) is 15.3. The molecular formula is C29H39NO. The van der Waals surface area contributed by atoms with E-state index in [1.54, 1.807) is 0 Å². The van der Waals surface area contributed by atoms with Crippen LogP contribution in [0.1, 0.15) is 56.6 Å². The van der Waals surface area contributed by atoms with Gasteiger partial charge in [-0.15, -0.1) is 6.58 Å². The molecule has 0 aliphatic carbocycles. The van der Waals surface area contributed by atoms with Gasteiger partial charge in [0.05, 0.1) is 6.61 Å². The molecule has 0 aromatic heterocycles. The van der Waals surface area contributed by atoms with Crippen molar-refractivity contribution in [3.8, 4) is 0 Å². The SMILES string of the molecule is C=CC[C@@H]1C=C[C@@H](CCCC)N(Cc2ccccc2)[C@H]1CCCOCc1ccccc1. The van der Waals surface area contributed by atoms with Crippen molar-refractivity contribution in [1.82, 2.24) is 4.90 Å². The summed E-state index contributed by atoms with van der Waals surface area (Å²) in [4.78, 5) is 2.76. The van der Waals surface area contributed by atoms with Crippen LogP contribution in [0.15, 0.2) is 85.5 Å². The summed E-state index contributed by atoms with van der Waals surface area (Å²) in [6.07, 6.45) is 14.1. The Morgan fingerprint density at radius 2 is 1.61 bits per heavy atom. The fraction of sp³-hybridized carbons (Fsp3) is 0.448. The minimum atomic E-state index is 0.524. The van der Waals surface area contributed by atoms with E-state index < -0.39 is 0 Å². The summed E-state index contributed by atoms with van der Waals surface area (Å²) in [7, 11) is 0. The van der Waals surface area contributed by atoms with Crippen molar-refractivity contribution in [3.05, 3.63) is 96.6 Å². The Morgan fingerprint density at radius 1 is 0.903 bits per heavy atom. The van der Waals surface area contributed by atoms with Crippen molar-refractivity contribution in [3.63, 3.8) is 0 Å². The standard InChI is InChI=1S/C29H39NO/c1-3-5-18-28-21-20-27(13-4-2)29(30(28)23-25-14-8-6-9-15-25)19-12-22-31-24-26-16-10-7-11-17-26/h4,6-11,14-17,20-21,27-29H,2-3,5,12-13,18-19,22-24H2,1H3/t27-,28-,29+/m1/s1. The second-order valence-electron chi connectivity index (χ2n) is 8.69. The number of hydrogen-bond acceptors (Lipinski definition) is 2. The van der Waals surface area contributed by atoms with E-state index in [0.29, 0.717) is 24.6 Å². The molecule has 0 N–H and O–H groups in total. The Balaban J connectivity index is 1.64. The number of nitrogens with zero attached hydrogens (tertiary/aromatic N) is 1. The van der Waals surface area contributed by atoms with Crippen molar-refractivity contribution < 1.29 is 4.74 Å². The lowest BCUT2D eigenvalue weighted by Crippen LogP contribution is -2.48. The maximum atomic E-state index is 5.99. The number of allylic oxidation sites excluding steroid dienone is 1. The van der Waals surface area contributed by atoms with Gasteiger partial charge in [-0.3, -0.25) is 4.90 Å². The molecule has 0 radical (unpaired) electrons. The van der Waals surface area contributed by atoms with Gasteiger partial charge < -0.3 is 4.74 Å². The normalized spacial score (nSPS) is 21.3.